The van der Waals surface area contributed by atoms with Crippen LogP contribution in [0.15, 0.2) is 66.7 Å². The van der Waals surface area contributed by atoms with Crippen molar-refractivity contribution in [1.82, 2.24) is 4.98 Å². The van der Waals surface area contributed by atoms with Crippen LogP contribution in [0.1, 0.15) is 15.9 Å². The summed E-state index contributed by atoms with van der Waals surface area (Å²) in [6.07, 6.45) is 0. The predicted molar refractivity (Wildman–Crippen MR) is 117 cm³/mol. The first kappa shape index (κ1) is 17.2. The lowest BCUT2D eigenvalue weighted by molar-refractivity contribution is 0.102. The van der Waals surface area contributed by atoms with Gasteiger partial charge in [-0.25, -0.2) is 4.98 Å². The minimum atomic E-state index is -0.114. The summed E-state index contributed by atoms with van der Waals surface area (Å²) in [5.74, 6) is -0.114. The maximum atomic E-state index is 12.7. The van der Waals surface area contributed by atoms with Gasteiger partial charge in [-0.05, 0) is 72.0 Å². The molecular weight excluding hydrogens is 455 g/mol. The van der Waals surface area contributed by atoms with Gasteiger partial charge in [-0.15, -0.1) is 11.3 Å². The fraction of sp³-hybridized carbons (Fsp3) is 0.0476. The summed E-state index contributed by atoms with van der Waals surface area (Å²) in [5, 5.41) is 3.96. The lowest BCUT2D eigenvalue weighted by atomic mass is 10.1. The summed E-state index contributed by atoms with van der Waals surface area (Å²) >= 11 is 3.91. The number of aromatic nitrogens is 1. The van der Waals surface area contributed by atoms with Crippen LogP contribution in [0, 0.1) is 10.5 Å². The van der Waals surface area contributed by atoms with E-state index in [1.54, 1.807) is 11.3 Å². The molecule has 128 valence electrons. The molecule has 0 bridgehead atoms. The maximum Gasteiger partial charge on any atom is 0.255 e. The molecule has 4 rings (SSSR count). The fourth-order valence-corrected chi connectivity index (χ4v) is 4.26. The second-order valence-corrected chi connectivity index (χ2v) is 8.28. The highest BCUT2D eigenvalue weighted by Gasteiger charge is 2.14. The first-order valence-electron chi connectivity index (χ1n) is 8.14. The van der Waals surface area contributed by atoms with Gasteiger partial charge in [0.1, 0.15) is 5.01 Å². The van der Waals surface area contributed by atoms with Crippen LogP contribution >= 0.6 is 33.9 Å². The van der Waals surface area contributed by atoms with Crippen LogP contribution in [0.4, 0.5) is 5.69 Å². The van der Waals surface area contributed by atoms with E-state index in [1.165, 1.54) is 0 Å². The second-order valence-electron chi connectivity index (χ2n) is 6.00. The molecule has 0 spiro atoms. The first-order valence-corrected chi connectivity index (χ1v) is 10.0. The average Bonchev–Trinajstić information content (AvgIpc) is 3.07. The number of nitrogens with one attached hydrogen (secondary N) is 1. The summed E-state index contributed by atoms with van der Waals surface area (Å²) in [5.41, 5.74) is 4.41. The zero-order valence-corrected chi connectivity index (χ0v) is 17.0. The number of fused-ring (bicyclic) bond motifs is 1. The zero-order chi connectivity index (χ0) is 18.1. The van der Waals surface area contributed by atoms with Gasteiger partial charge in [0, 0.05) is 14.7 Å². The van der Waals surface area contributed by atoms with Gasteiger partial charge >= 0.3 is 0 Å². The molecule has 0 saturated heterocycles. The minimum Gasteiger partial charge on any atom is -0.321 e. The molecule has 26 heavy (non-hydrogen) atoms. The van der Waals surface area contributed by atoms with Crippen LogP contribution in [0.5, 0.6) is 0 Å². The topological polar surface area (TPSA) is 42.0 Å². The van der Waals surface area contributed by atoms with Crippen molar-refractivity contribution < 1.29 is 4.79 Å². The molecule has 3 nitrogen and oxygen atoms in total. The minimum absolute atomic E-state index is 0.114. The maximum absolute atomic E-state index is 12.7. The average molecular weight is 470 g/mol. The van der Waals surface area contributed by atoms with E-state index >= 15 is 0 Å². The van der Waals surface area contributed by atoms with E-state index < -0.39 is 0 Å². The molecule has 0 aliphatic carbocycles. The number of rotatable bonds is 3. The number of amides is 1. The number of anilines is 1. The summed E-state index contributed by atoms with van der Waals surface area (Å²) in [7, 11) is 0. The van der Waals surface area contributed by atoms with Crippen molar-refractivity contribution in [2.24, 2.45) is 0 Å². The van der Waals surface area contributed by atoms with Crippen LogP contribution < -0.4 is 5.32 Å². The molecule has 1 amide bonds. The van der Waals surface area contributed by atoms with Crippen LogP contribution in [0.3, 0.4) is 0 Å². The van der Waals surface area contributed by atoms with E-state index in [9.17, 15) is 4.79 Å². The van der Waals surface area contributed by atoms with Crippen LogP contribution in [0.25, 0.3) is 20.8 Å². The predicted octanol–water partition coefficient (Wildman–Crippen LogP) is 6.13. The van der Waals surface area contributed by atoms with E-state index in [0.717, 1.165) is 35.6 Å². The van der Waals surface area contributed by atoms with Crippen molar-refractivity contribution >= 4 is 55.7 Å². The zero-order valence-electron chi connectivity index (χ0n) is 14.0. The number of benzene rings is 3. The van der Waals surface area contributed by atoms with Crippen molar-refractivity contribution in [3.8, 4) is 10.6 Å². The highest BCUT2D eigenvalue weighted by molar-refractivity contribution is 14.1. The quantitative estimate of drug-likeness (QED) is 0.366. The summed E-state index contributed by atoms with van der Waals surface area (Å²) in [6.45, 7) is 1.98. The van der Waals surface area contributed by atoms with Gasteiger partial charge in [0.15, 0.2) is 0 Å². The number of hydrogen-bond acceptors (Lipinski definition) is 3. The summed E-state index contributed by atoms with van der Waals surface area (Å²) in [6, 6.07) is 21.7. The molecule has 0 fully saturated rings. The third kappa shape index (κ3) is 3.50. The Bertz CT molecular complexity index is 1090. The molecule has 1 heterocycles. The van der Waals surface area contributed by atoms with Crippen molar-refractivity contribution in [2.75, 3.05) is 5.32 Å². The highest BCUT2D eigenvalue weighted by atomic mass is 127. The monoisotopic (exact) mass is 470 g/mol. The molecule has 4 aromatic rings. The lowest BCUT2D eigenvalue weighted by Crippen LogP contribution is -2.12. The Balaban J connectivity index is 1.74. The van der Waals surface area contributed by atoms with Gasteiger partial charge in [-0.2, -0.15) is 0 Å². The molecule has 0 radical (unpaired) electrons. The van der Waals surface area contributed by atoms with Crippen LogP contribution in [-0.2, 0) is 0 Å². The molecule has 5 heteroatoms. The van der Waals surface area contributed by atoms with E-state index in [2.05, 4.69) is 40.0 Å². The Morgan fingerprint density at radius 1 is 1.04 bits per heavy atom. The largest absolute Gasteiger partial charge is 0.321 e. The summed E-state index contributed by atoms with van der Waals surface area (Å²) in [4.78, 5) is 17.4. The Morgan fingerprint density at radius 2 is 1.88 bits per heavy atom. The van der Waals surface area contributed by atoms with Gasteiger partial charge in [0.05, 0.1) is 15.9 Å². The smallest absolute Gasteiger partial charge is 0.255 e. The first-order chi connectivity index (χ1) is 12.6. The van der Waals surface area contributed by atoms with E-state index in [1.807, 2.05) is 61.5 Å². The third-order valence-corrected chi connectivity index (χ3v) is 5.78. The molecule has 0 aliphatic heterocycles. The van der Waals surface area contributed by atoms with E-state index in [-0.39, 0.29) is 5.91 Å². The third-order valence-electron chi connectivity index (χ3n) is 4.03. The van der Waals surface area contributed by atoms with Crippen LogP contribution in [0.2, 0.25) is 0 Å². The second kappa shape index (κ2) is 7.17. The Kier molecular flexibility index (Phi) is 4.74. The molecular formula is C21H15IN2OS. The highest BCUT2D eigenvalue weighted by Crippen LogP contribution is 2.35. The molecule has 0 unspecified atom stereocenters. The Hall–Kier alpha value is -2.25. The lowest BCUT2D eigenvalue weighted by Gasteiger charge is -2.10. The van der Waals surface area contributed by atoms with Crippen molar-refractivity contribution in [2.45, 2.75) is 6.92 Å². The molecule has 0 saturated carbocycles. The standard InChI is InChI=1S/C21H15IN2OS/c1-13-5-4-6-14(11-13)20(25)23-17-10-9-15(22)12-16(17)21-24-18-7-2-3-8-19(18)26-21/h2-12H,1H3,(H,23,25). The molecule has 1 aromatic heterocycles. The van der Waals surface area contributed by atoms with Crippen molar-refractivity contribution in [1.29, 1.82) is 0 Å². The van der Waals surface area contributed by atoms with Gasteiger partial charge in [-0.1, -0.05) is 29.8 Å². The fourth-order valence-electron chi connectivity index (χ4n) is 2.77. The normalized spacial score (nSPS) is 10.8. The van der Waals surface area contributed by atoms with Gasteiger partial charge in [-0.3, -0.25) is 4.79 Å². The molecule has 0 atom stereocenters. The van der Waals surface area contributed by atoms with Gasteiger partial charge in [0.25, 0.3) is 5.91 Å². The summed E-state index contributed by atoms with van der Waals surface area (Å²) < 4.78 is 2.24. The molecule has 1 N–H and O–H groups in total. The number of hydrogen-bond donors (Lipinski definition) is 1. The number of nitrogens with zero attached hydrogens (tertiary/aromatic N) is 1. The van der Waals surface area contributed by atoms with Crippen LogP contribution in [-0.4, -0.2) is 10.9 Å². The molecule has 3 aromatic carbocycles. The number of thiazole rings is 1. The van der Waals surface area contributed by atoms with E-state index in [4.69, 9.17) is 4.98 Å². The Labute approximate surface area is 169 Å². The van der Waals surface area contributed by atoms with E-state index in [0.29, 0.717) is 5.56 Å². The van der Waals surface area contributed by atoms with Gasteiger partial charge < -0.3 is 5.32 Å². The SMILES string of the molecule is Cc1cccc(C(=O)Nc2ccc(I)cc2-c2nc3ccccc3s2)c1. The van der Waals surface area contributed by atoms with Crippen molar-refractivity contribution in [3.63, 3.8) is 0 Å². The number of carbonyl (C=O) groups excluding carboxylic acids is 1. The van der Waals surface area contributed by atoms with Gasteiger partial charge in [0.2, 0.25) is 0 Å². The van der Waals surface area contributed by atoms with Crippen molar-refractivity contribution in [3.05, 3.63) is 81.4 Å². The number of para-hydroxylation sites is 1. The Morgan fingerprint density at radius 3 is 2.69 bits per heavy atom. The number of halogens is 1. The number of aryl methyl sites for hydroxylation is 1. The molecule has 0 aliphatic rings. The number of carbonyl (C=O) groups is 1.